The lowest BCUT2D eigenvalue weighted by Crippen LogP contribution is -2.53. The molecule has 2 heterocycles. The van der Waals surface area contributed by atoms with Crippen molar-refractivity contribution in [2.75, 3.05) is 29.4 Å². The molecule has 0 aliphatic carbocycles. The van der Waals surface area contributed by atoms with Crippen LogP contribution in [-0.2, 0) is 19.6 Å². The summed E-state index contributed by atoms with van der Waals surface area (Å²) in [6.07, 6.45) is 0.904. The van der Waals surface area contributed by atoms with Crippen LogP contribution in [0.2, 0.25) is 0 Å². The van der Waals surface area contributed by atoms with Crippen molar-refractivity contribution in [3.05, 3.63) is 29.6 Å². The van der Waals surface area contributed by atoms with Gasteiger partial charge in [-0.15, -0.1) is 23.7 Å². The molecule has 1 aromatic heterocycles. The molecule has 11 heteroatoms. The second kappa shape index (κ2) is 8.98. The number of sulfonamides is 1. The van der Waals surface area contributed by atoms with Crippen LogP contribution >= 0.6 is 23.7 Å². The number of morpholine rings is 1. The molecule has 0 saturated carbocycles. The molecule has 3 rings (SSSR count). The van der Waals surface area contributed by atoms with Crippen LogP contribution in [0.25, 0.3) is 11.3 Å². The van der Waals surface area contributed by atoms with Gasteiger partial charge in [0.05, 0.1) is 24.7 Å². The minimum absolute atomic E-state index is 0. The maximum absolute atomic E-state index is 12.3. The van der Waals surface area contributed by atoms with E-state index in [1.165, 1.54) is 11.3 Å². The van der Waals surface area contributed by atoms with Crippen molar-refractivity contribution in [1.82, 2.24) is 10.3 Å². The molecule has 1 amide bonds. The fourth-order valence-electron chi connectivity index (χ4n) is 2.60. The predicted octanol–water partition coefficient (Wildman–Crippen LogP) is 1.92. The number of nitrogens with one attached hydrogen (secondary N) is 3. The quantitative estimate of drug-likeness (QED) is 0.665. The van der Waals surface area contributed by atoms with Crippen LogP contribution in [0.3, 0.4) is 0 Å². The summed E-state index contributed by atoms with van der Waals surface area (Å²) in [5, 5.41) is 8.28. The number of anilines is 2. The van der Waals surface area contributed by atoms with E-state index in [9.17, 15) is 13.2 Å². The smallest absolute Gasteiger partial charge is 0.245 e. The number of thiazole rings is 1. The average molecular weight is 433 g/mol. The molecule has 0 unspecified atom stereocenters. The summed E-state index contributed by atoms with van der Waals surface area (Å²) >= 11 is 1.33. The highest BCUT2D eigenvalue weighted by atomic mass is 35.5. The van der Waals surface area contributed by atoms with Gasteiger partial charge in [0.1, 0.15) is 6.04 Å². The number of ether oxygens (including phenoxy) is 1. The van der Waals surface area contributed by atoms with Crippen LogP contribution in [0.1, 0.15) is 6.92 Å². The first kappa shape index (κ1) is 21.6. The second-order valence-corrected chi connectivity index (χ2v) is 8.59. The van der Waals surface area contributed by atoms with E-state index >= 15 is 0 Å². The number of hydrogen-bond donors (Lipinski definition) is 3. The molecule has 0 spiro atoms. The van der Waals surface area contributed by atoms with Crippen molar-refractivity contribution in [1.29, 1.82) is 0 Å². The summed E-state index contributed by atoms with van der Waals surface area (Å²) < 4.78 is 30.4. The summed E-state index contributed by atoms with van der Waals surface area (Å²) in [7, 11) is -3.31. The molecule has 1 aromatic carbocycles. The Balaban J connectivity index is 0.00000261. The van der Waals surface area contributed by atoms with Crippen LogP contribution in [-0.4, -0.2) is 50.9 Å². The molecule has 0 bridgehead atoms. The maximum Gasteiger partial charge on any atom is 0.245 e. The number of nitrogens with zero attached hydrogens (tertiary/aromatic N) is 1. The molecular weight excluding hydrogens is 412 g/mol. The molecular formula is C16H21ClN4O4S2. The minimum atomic E-state index is -3.31. The van der Waals surface area contributed by atoms with Gasteiger partial charge in [-0.25, -0.2) is 13.4 Å². The molecule has 2 atom stereocenters. The largest absolute Gasteiger partial charge is 0.375 e. The number of halogens is 1. The number of carbonyl (C=O) groups is 1. The summed E-state index contributed by atoms with van der Waals surface area (Å²) in [6.45, 7) is 3.09. The van der Waals surface area contributed by atoms with Crippen molar-refractivity contribution in [2.24, 2.45) is 0 Å². The fraction of sp³-hybridized carbons (Fsp3) is 0.375. The van der Waals surface area contributed by atoms with Gasteiger partial charge in [0.25, 0.3) is 0 Å². The van der Waals surface area contributed by atoms with Crippen molar-refractivity contribution >= 4 is 50.5 Å². The van der Waals surface area contributed by atoms with Gasteiger partial charge in [0, 0.05) is 23.2 Å². The Labute approximate surface area is 168 Å². The van der Waals surface area contributed by atoms with Crippen LogP contribution < -0.4 is 15.4 Å². The molecule has 2 aromatic rings. The number of hydrogen-bond acceptors (Lipinski definition) is 7. The molecule has 0 radical (unpaired) electrons. The second-order valence-electron chi connectivity index (χ2n) is 5.99. The first-order valence-electron chi connectivity index (χ1n) is 8.01. The van der Waals surface area contributed by atoms with Gasteiger partial charge in [-0.1, -0.05) is 12.1 Å². The molecule has 3 N–H and O–H groups in total. The number of rotatable bonds is 5. The van der Waals surface area contributed by atoms with E-state index < -0.39 is 16.1 Å². The molecule has 1 aliphatic rings. The first-order valence-corrected chi connectivity index (χ1v) is 10.8. The third-order valence-corrected chi connectivity index (χ3v) is 5.18. The molecule has 148 valence electrons. The van der Waals surface area contributed by atoms with Gasteiger partial charge in [-0.05, 0) is 19.1 Å². The van der Waals surface area contributed by atoms with Crippen LogP contribution in [0.5, 0.6) is 0 Å². The van der Waals surface area contributed by atoms with Gasteiger partial charge in [-0.2, -0.15) is 0 Å². The standard InChI is InChI=1S/C16H20N4O4S2.ClH/c1-10-14(17-7-8-24-10)15(21)19-16-18-13(9-25-16)11-3-5-12(6-4-11)20-26(2,22)23;/h3-6,9-10,14,17,20H,7-8H2,1-2H3,(H,18,19,21);1H/t10-,14+;/m1./s1. The summed E-state index contributed by atoms with van der Waals surface area (Å²) in [5.74, 6) is -0.175. The SMILES string of the molecule is C[C@H]1OCCN[C@@H]1C(=O)Nc1nc(-c2ccc(NS(C)(=O)=O)cc2)cs1.Cl. The minimum Gasteiger partial charge on any atom is -0.375 e. The summed E-state index contributed by atoms with van der Waals surface area (Å²) in [6, 6.07) is 6.47. The normalized spacial score (nSPS) is 19.8. The zero-order valence-electron chi connectivity index (χ0n) is 14.8. The van der Waals surface area contributed by atoms with E-state index in [1.54, 1.807) is 24.3 Å². The average Bonchev–Trinajstić information content (AvgIpc) is 3.03. The number of carbonyl (C=O) groups excluding carboxylic acids is 1. The number of aromatic nitrogens is 1. The van der Waals surface area contributed by atoms with E-state index in [1.807, 2.05) is 12.3 Å². The van der Waals surface area contributed by atoms with E-state index in [0.29, 0.717) is 29.7 Å². The number of benzene rings is 1. The lowest BCUT2D eigenvalue weighted by molar-refractivity contribution is -0.123. The predicted molar refractivity (Wildman–Crippen MR) is 109 cm³/mol. The first-order chi connectivity index (χ1) is 12.3. The Kier molecular flexibility index (Phi) is 7.18. The highest BCUT2D eigenvalue weighted by Crippen LogP contribution is 2.26. The van der Waals surface area contributed by atoms with E-state index in [4.69, 9.17) is 4.74 Å². The van der Waals surface area contributed by atoms with Gasteiger partial charge < -0.3 is 15.4 Å². The van der Waals surface area contributed by atoms with Crippen LogP contribution in [0, 0.1) is 0 Å². The number of amides is 1. The van der Waals surface area contributed by atoms with Gasteiger partial charge in [-0.3, -0.25) is 9.52 Å². The highest BCUT2D eigenvalue weighted by Gasteiger charge is 2.28. The topological polar surface area (TPSA) is 109 Å². The molecule has 27 heavy (non-hydrogen) atoms. The summed E-state index contributed by atoms with van der Waals surface area (Å²) in [4.78, 5) is 16.8. The van der Waals surface area contributed by atoms with Crippen molar-refractivity contribution < 1.29 is 17.9 Å². The maximum atomic E-state index is 12.3. The zero-order valence-corrected chi connectivity index (χ0v) is 17.2. The van der Waals surface area contributed by atoms with Crippen molar-refractivity contribution in [3.8, 4) is 11.3 Å². The van der Waals surface area contributed by atoms with Crippen molar-refractivity contribution in [2.45, 2.75) is 19.1 Å². The zero-order chi connectivity index (χ0) is 18.7. The lowest BCUT2D eigenvalue weighted by atomic mass is 10.1. The Morgan fingerprint density at radius 1 is 1.33 bits per heavy atom. The van der Waals surface area contributed by atoms with Crippen molar-refractivity contribution in [3.63, 3.8) is 0 Å². The van der Waals surface area contributed by atoms with Gasteiger partial charge >= 0.3 is 0 Å². The Morgan fingerprint density at radius 2 is 2.04 bits per heavy atom. The monoisotopic (exact) mass is 432 g/mol. The van der Waals surface area contributed by atoms with E-state index in [-0.39, 0.29) is 24.4 Å². The molecule has 1 saturated heterocycles. The van der Waals surface area contributed by atoms with Gasteiger partial charge in [0.15, 0.2) is 5.13 Å². The fourth-order valence-corrected chi connectivity index (χ4v) is 3.88. The Bertz CT molecular complexity index is 886. The Morgan fingerprint density at radius 3 is 2.67 bits per heavy atom. The summed E-state index contributed by atoms with van der Waals surface area (Å²) in [5.41, 5.74) is 2.02. The third kappa shape index (κ3) is 5.88. The Hall–Kier alpha value is -1.72. The van der Waals surface area contributed by atoms with E-state index in [0.717, 1.165) is 11.8 Å². The van der Waals surface area contributed by atoms with Gasteiger partial charge in [0.2, 0.25) is 15.9 Å². The molecule has 1 fully saturated rings. The lowest BCUT2D eigenvalue weighted by Gasteiger charge is -2.28. The third-order valence-electron chi connectivity index (χ3n) is 3.82. The molecule has 8 nitrogen and oxygen atoms in total. The molecule has 1 aliphatic heterocycles. The van der Waals surface area contributed by atoms with Crippen LogP contribution in [0.4, 0.5) is 10.8 Å². The highest BCUT2D eigenvalue weighted by molar-refractivity contribution is 7.92. The van der Waals surface area contributed by atoms with E-state index in [2.05, 4.69) is 20.3 Å². The van der Waals surface area contributed by atoms with Crippen LogP contribution in [0.15, 0.2) is 29.6 Å².